The average Bonchev–Trinajstić information content (AvgIpc) is 2.89. The lowest BCUT2D eigenvalue weighted by molar-refractivity contribution is -0.137. The van der Waals surface area contributed by atoms with Crippen molar-refractivity contribution in [1.29, 1.82) is 0 Å². The molecule has 0 radical (unpaired) electrons. The van der Waals surface area contributed by atoms with Crippen LogP contribution in [0.15, 0.2) is 30.5 Å². The Hall–Kier alpha value is -1.82. The van der Waals surface area contributed by atoms with Gasteiger partial charge in [0.05, 0.1) is 5.56 Å². The van der Waals surface area contributed by atoms with Gasteiger partial charge in [-0.1, -0.05) is 12.1 Å². The molecule has 1 aromatic heterocycles. The first-order valence-corrected chi connectivity index (χ1v) is 6.82. The van der Waals surface area contributed by atoms with E-state index >= 15 is 0 Å². The molecular weight excluding hydrogens is 281 g/mol. The van der Waals surface area contributed by atoms with Crippen LogP contribution in [0.25, 0.3) is 11.4 Å². The van der Waals surface area contributed by atoms with Gasteiger partial charge in [-0.3, -0.25) is 0 Å². The van der Waals surface area contributed by atoms with E-state index in [0.717, 1.165) is 30.7 Å². The number of fused-ring (bicyclic) bond motifs is 1. The predicted molar refractivity (Wildman–Crippen MR) is 71.6 cm³/mol. The Labute approximate surface area is 120 Å². The third-order valence-electron chi connectivity index (χ3n) is 3.92. The second-order valence-electron chi connectivity index (χ2n) is 5.35. The van der Waals surface area contributed by atoms with Crippen molar-refractivity contribution in [3.8, 4) is 11.4 Å². The minimum atomic E-state index is -4.33. The fraction of sp³-hybridized carbons (Fsp3) is 0.400. The van der Waals surface area contributed by atoms with E-state index in [9.17, 15) is 18.3 Å². The molecule has 21 heavy (non-hydrogen) atoms. The molecule has 1 aromatic carbocycles. The quantitative estimate of drug-likeness (QED) is 0.924. The lowest BCUT2D eigenvalue weighted by atomic mass is 9.99. The summed E-state index contributed by atoms with van der Waals surface area (Å²) in [6.45, 7) is 0.770. The maximum Gasteiger partial charge on any atom is 0.416 e. The van der Waals surface area contributed by atoms with E-state index in [1.165, 1.54) is 12.1 Å². The van der Waals surface area contributed by atoms with Crippen molar-refractivity contribution in [2.24, 2.45) is 5.92 Å². The standard InChI is InChI=1S/C15H15F3N2O/c16-15(17,18)12-4-2-11(3-5-12)14-19-7-13-6-1-10(9-21)8-20(13)14/h2-5,7,10,21H,1,6,8-9H2. The Bertz CT molecular complexity index is 631. The van der Waals surface area contributed by atoms with Gasteiger partial charge in [-0.15, -0.1) is 0 Å². The van der Waals surface area contributed by atoms with Crippen LogP contribution in [0.4, 0.5) is 13.2 Å². The van der Waals surface area contributed by atoms with Crippen molar-refractivity contribution in [3.05, 3.63) is 41.7 Å². The summed E-state index contributed by atoms with van der Waals surface area (Å²) < 4.78 is 39.7. The molecule has 3 rings (SSSR count). The smallest absolute Gasteiger partial charge is 0.396 e. The highest BCUT2D eigenvalue weighted by molar-refractivity contribution is 5.57. The molecule has 0 bridgehead atoms. The average molecular weight is 296 g/mol. The maximum absolute atomic E-state index is 12.6. The Morgan fingerprint density at radius 1 is 1.24 bits per heavy atom. The summed E-state index contributed by atoms with van der Waals surface area (Å²) in [5.41, 5.74) is 1.06. The number of alkyl halides is 3. The highest BCUT2D eigenvalue weighted by Gasteiger charge is 2.30. The van der Waals surface area contributed by atoms with Gasteiger partial charge in [0, 0.05) is 36.5 Å². The number of rotatable bonds is 2. The van der Waals surface area contributed by atoms with Gasteiger partial charge in [0.25, 0.3) is 0 Å². The van der Waals surface area contributed by atoms with Gasteiger partial charge in [0.15, 0.2) is 0 Å². The van der Waals surface area contributed by atoms with Crippen LogP contribution < -0.4 is 0 Å². The van der Waals surface area contributed by atoms with Crippen molar-refractivity contribution in [2.45, 2.75) is 25.6 Å². The molecule has 1 atom stereocenters. The second-order valence-corrected chi connectivity index (χ2v) is 5.35. The largest absolute Gasteiger partial charge is 0.416 e. The molecule has 0 fully saturated rings. The van der Waals surface area contributed by atoms with Crippen molar-refractivity contribution in [3.63, 3.8) is 0 Å². The summed E-state index contributed by atoms with van der Waals surface area (Å²) in [5, 5.41) is 9.28. The van der Waals surface area contributed by atoms with Crippen LogP contribution in [0.5, 0.6) is 0 Å². The van der Waals surface area contributed by atoms with Crippen molar-refractivity contribution in [1.82, 2.24) is 9.55 Å². The SMILES string of the molecule is OCC1CCc2cnc(-c3ccc(C(F)(F)F)cc3)n2C1. The van der Waals surface area contributed by atoms with Gasteiger partial charge in [0.2, 0.25) is 0 Å². The second kappa shape index (κ2) is 5.18. The molecule has 0 saturated carbocycles. The molecule has 2 heterocycles. The van der Waals surface area contributed by atoms with Gasteiger partial charge in [-0.25, -0.2) is 4.98 Å². The molecule has 6 heteroatoms. The number of aromatic nitrogens is 2. The Kier molecular flexibility index (Phi) is 3.49. The van der Waals surface area contributed by atoms with E-state index in [1.54, 1.807) is 6.20 Å². The lowest BCUT2D eigenvalue weighted by Crippen LogP contribution is -2.23. The molecule has 112 valence electrons. The summed E-state index contributed by atoms with van der Waals surface area (Å²) >= 11 is 0. The van der Waals surface area contributed by atoms with Crippen LogP contribution in [0, 0.1) is 5.92 Å². The van der Waals surface area contributed by atoms with Crippen LogP contribution in [0.3, 0.4) is 0 Å². The number of hydrogen-bond acceptors (Lipinski definition) is 2. The Balaban J connectivity index is 1.93. The zero-order chi connectivity index (χ0) is 15.0. The zero-order valence-corrected chi connectivity index (χ0v) is 11.3. The summed E-state index contributed by atoms with van der Waals surface area (Å²) in [5.74, 6) is 0.844. The molecule has 1 N–H and O–H groups in total. The fourth-order valence-electron chi connectivity index (χ4n) is 2.70. The van der Waals surface area contributed by atoms with Crippen molar-refractivity contribution < 1.29 is 18.3 Å². The van der Waals surface area contributed by atoms with Crippen LogP contribution >= 0.6 is 0 Å². The lowest BCUT2D eigenvalue weighted by Gasteiger charge is -2.24. The molecule has 0 aliphatic carbocycles. The van der Waals surface area contributed by atoms with E-state index in [0.29, 0.717) is 17.9 Å². The van der Waals surface area contributed by atoms with Crippen LogP contribution in [-0.4, -0.2) is 21.3 Å². The molecule has 0 amide bonds. The number of nitrogens with zero attached hydrogens (tertiary/aromatic N) is 2. The van der Waals surface area contributed by atoms with Gasteiger partial charge in [-0.2, -0.15) is 13.2 Å². The molecule has 2 aromatic rings. The Morgan fingerprint density at radius 3 is 2.57 bits per heavy atom. The molecule has 1 aliphatic rings. The monoisotopic (exact) mass is 296 g/mol. The van der Waals surface area contributed by atoms with Gasteiger partial charge >= 0.3 is 6.18 Å². The minimum absolute atomic E-state index is 0.115. The zero-order valence-electron chi connectivity index (χ0n) is 11.3. The number of hydrogen-bond donors (Lipinski definition) is 1. The van der Waals surface area contributed by atoms with E-state index in [1.807, 2.05) is 4.57 Å². The third kappa shape index (κ3) is 2.68. The van der Waals surface area contributed by atoms with E-state index in [4.69, 9.17) is 0 Å². The minimum Gasteiger partial charge on any atom is -0.396 e. The third-order valence-corrected chi connectivity index (χ3v) is 3.92. The summed E-state index contributed by atoms with van der Waals surface area (Å²) in [7, 11) is 0. The summed E-state index contributed by atoms with van der Waals surface area (Å²) in [6.07, 6.45) is -0.819. The Morgan fingerprint density at radius 2 is 1.95 bits per heavy atom. The number of aliphatic hydroxyl groups excluding tert-OH is 1. The van der Waals surface area contributed by atoms with E-state index < -0.39 is 11.7 Å². The van der Waals surface area contributed by atoms with Crippen molar-refractivity contribution >= 4 is 0 Å². The normalized spacial score (nSPS) is 18.6. The van der Waals surface area contributed by atoms with Crippen LogP contribution in [-0.2, 0) is 19.1 Å². The molecule has 0 saturated heterocycles. The first-order chi connectivity index (χ1) is 9.99. The van der Waals surface area contributed by atoms with Gasteiger partial charge in [-0.05, 0) is 25.0 Å². The van der Waals surface area contributed by atoms with Crippen molar-refractivity contribution in [2.75, 3.05) is 6.61 Å². The molecule has 1 unspecified atom stereocenters. The summed E-state index contributed by atoms with van der Waals surface area (Å²) in [4.78, 5) is 4.33. The number of benzene rings is 1. The first kappa shape index (κ1) is 14.1. The number of halogens is 3. The highest BCUT2D eigenvalue weighted by atomic mass is 19.4. The van der Waals surface area contributed by atoms with E-state index in [2.05, 4.69) is 4.98 Å². The first-order valence-electron chi connectivity index (χ1n) is 6.82. The summed E-state index contributed by atoms with van der Waals surface area (Å²) in [6, 6.07) is 5.04. The molecular formula is C15H15F3N2O. The van der Waals surface area contributed by atoms with Crippen LogP contribution in [0.2, 0.25) is 0 Å². The molecule has 3 nitrogen and oxygen atoms in total. The van der Waals surface area contributed by atoms with E-state index in [-0.39, 0.29) is 12.5 Å². The highest BCUT2D eigenvalue weighted by Crippen LogP contribution is 2.32. The van der Waals surface area contributed by atoms with Gasteiger partial charge < -0.3 is 9.67 Å². The topological polar surface area (TPSA) is 38.1 Å². The molecule has 0 spiro atoms. The number of imidazole rings is 1. The predicted octanol–water partition coefficient (Wildman–Crippen LogP) is 3.12. The number of aliphatic hydroxyl groups is 1. The van der Waals surface area contributed by atoms with Crippen LogP contribution in [0.1, 0.15) is 17.7 Å². The fourth-order valence-corrected chi connectivity index (χ4v) is 2.70. The van der Waals surface area contributed by atoms with Gasteiger partial charge in [0.1, 0.15) is 5.82 Å². The number of aryl methyl sites for hydroxylation is 1. The maximum atomic E-state index is 12.6. The molecule has 1 aliphatic heterocycles.